The number of hydrogen-bond donors (Lipinski definition) is 3. The summed E-state index contributed by atoms with van der Waals surface area (Å²) >= 11 is 0. The predicted molar refractivity (Wildman–Crippen MR) is 73.3 cm³/mol. The van der Waals surface area contributed by atoms with Crippen LogP contribution in [0.2, 0.25) is 0 Å². The quantitative estimate of drug-likeness (QED) is 0.665. The van der Waals surface area contributed by atoms with Gasteiger partial charge in [0.25, 0.3) is 5.91 Å². The molecule has 3 N–H and O–H groups in total. The number of aliphatic hydroxyl groups is 1. The van der Waals surface area contributed by atoms with Crippen molar-refractivity contribution in [2.45, 2.75) is 25.1 Å². The van der Waals surface area contributed by atoms with Crippen molar-refractivity contribution in [2.24, 2.45) is 0 Å². The van der Waals surface area contributed by atoms with E-state index in [1.54, 1.807) is 25.2 Å². The maximum Gasteiger partial charge on any atom is 0.257 e. The van der Waals surface area contributed by atoms with Crippen LogP contribution in [0.1, 0.15) is 35.0 Å². The van der Waals surface area contributed by atoms with Gasteiger partial charge in [0.2, 0.25) is 11.8 Å². The van der Waals surface area contributed by atoms with Gasteiger partial charge in [-0.25, -0.2) is 0 Å². The largest absolute Gasteiger partial charge is 0.388 e. The van der Waals surface area contributed by atoms with Crippen LogP contribution in [0.15, 0.2) is 18.2 Å². The van der Waals surface area contributed by atoms with Gasteiger partial charge in [-0.2, -0.15) is 0 Å². The van der Waals surface area contributed by atoms with E-state index in [1.165, 1.54) is 0 Å². The van der Waals surface area contributed by atoms with E-state index in [4.69, 9.17) is 0 Å². The lowest BCUT2D eigenvalue weighted by Crippen LogP contribution is -2.53. The van der Waals surface area contributed by atoms with E-state index in [2.05, 4.69) is 10.6 Å². The molecule has 3 rings (SSSR count). The van der Waals surface area contributed by atoms with Gasteiger partial charge in [0.05, 0.1) is 0 Å². The Hall–Kier alpha value is -2.41. The second kappa shape index (κ2) is 4.85. The van der Waals surface area contributed by atoms with E-state index < -0.39 is 24.1 Å². The van der Waals surface area contributed by atoms with Crippen molar-refractivity contribution in [1.82, 2.24) is 10.2 Å². The van der Waals surface area contributed by atoms with Crippen LogP contribution in [0.25, 0.3) is 0 Å². The number of imide groups is 1. The Morgan fingerprint density at radius 3 is 2.76 bits per heavy atom. The van der Waals surface area contributed by atoms with Gasteiger partial charge in [-0.05, 0) is 24.6 Å². The highest BCUT2D eigenvalue weighted by Gasteiger charge is 2.44. The molecule has 0 spiro atoms. The summed E-state index contributed by atoms with van der Waals surface area (Å²) < 4.78 is 0. The van der Waals surface area contributed by atoms with Crippen molar-refractivity contribution < 1.29 is 19.5 Å². The van der Waals surface area contributed by atoms with Crippen LogP contribution in [0.5, 0.6) is 0 Å². The average molecular weight is 289 g/mol. The lowest BCUT2D eigenvalue weighted by Gasteiger charge is -2.31. The van der Waals surface area contributed by atoms with Gasteiger partial charge in [-0.1, -0.05) is 0 Å². The standard InChI is InChI=1S/C14H15N3O4/c1-15-7-2-3-8-9(6-7)14(21)17(13(8)20)10-4-5-11(18)16-12(10)19/h2-3,6,10,14-15,21H,4-5H2,1H3,(H,16,18,19). The third-order valence-corrected chi connectivity index (χ3v) is 3.89. The van der Waals surface area contributed by atoms with Crippen molar-refractivity contribution in [3.8, 4) is 0 Å². The summed E-state index contributed by atoms with van der Waals surface area (Å²) in [6.45, 7) is 0. The molecule has 2 aliphatic rings. The normalized spacial score (nSPS) is 24.9. The van der Waals surface area contributed by atoms with Gasteiger partial charge in [0.1, 0.15) is 6.04 Å². The number of nitrogens with zero attached hydrogens (tertiary/aromatic N) is 1. The Balaban J connectivity index is 1.94. The van der Waals surface area contributed by atoms with E-state index in [0.717, 1.165) is 10.6 Å². The lowest BCUT2D eigenvalue weighted by molar-refractivity contribution is -0.139. The van der Waals surface area contributed by atoms with Crippen LogP contribution in [0.3, 0.4) is 0 Å². The molecule has 1 saturated heterocycles. The fourth-order valence-corrected chi connectivity index (χ4v) is 2.79. The number of anilines is 1. The summed E-state index contributed by atoms with van der Waals surface area (Å²) in [5, 5.41) is 15.5. The second-order valence-corrected chi connectivity index (χ2v) is 5.11. The Labute approximate surface area is 120 Å². The average Bonchev–Trinajstić information content (AvgIpc) is 2.71. The third-order valence-electron chi connectivity index (χ3n) is 3.89. The van der Waals surface area contributed by atoms with Crippen LogP contribution in [-0.2, 0) is 9.59 Å². The molecule has 1 aromatic carbocycles. The number of hydrogen-bond acceptors (Lipinski definition) is 5. The minimum absolute atomic E-state index is 0.158. The molecule has 1 fully saturated rings. The highest BCUT2D eigenvalue weighted by Crippen LogP contribution is 2.36. The maximum absolute atomic E-state index is 12.4. The summed E-state index contributed by atoms with van der Waals surface area (Å²) in [4.78, 5) is 36.7. The second-order valence-electron chi connectivity index (χ2n) is 5.11. The molecular formula is C14H15N3O4. The van der Waals surface area contributed by atoms with Gasteiger partial charge in [0.15, 0.2) is 6.23 Å². The topological polar surface area (TPSA) is 98.7 Å². The highest BCUT2D eigenvalue weighted by atomic mass is 16.3. The highest BCUT2D eigenvalue weighted by molar-refractivity contribution is 6.05. The monoisotopic (exact) mass is 289 g/mol. The van der Waals surface area contributed by atoms with Crippen molar-refractivity contribution in [3.05, 3.63) is 29.3 Å². The molecule has 0 bridgehead atoms. The zero-order valence-corrected chi connectivity index (χ0v) is 11.4. The van der Waals surface area contributed by atoms with E-state index in [0.29, 0.717) is 11.1 Å². The van der Waals surface area contributed by atoms with E-state index in [1.807, 2.05) is 0 Å². The lowest BCUT2D eigenvalue weighted by atomic mass is 10.0. The number of fused-ring (bicyclic) bond motifs is 1. The van der Waals surface area contributed by atoms with Crippen LogP contribution >= 0.6 is 0 Å². The molecule has 0 saturated carbocycles. The number of amides is 3. The molecule has 2 heterocycles. The molecule has 3 amide bonds. The van der Waals surface area contributed by atoms with Crippen LogP contribution < -0.4 is 10.6 Å². The molecule has 0 aliphatic carbocycles. The molecular weight excluding hydrogens is 274 g/mol. The molecule has 2 unspecified atom stereocenters. The Morgan fingerprint density at radius 1 is 1.33 bits per heavy atom. The molecule has 1 aromatic rings. The zero-order chi connectivity index (χ0) is 15.1. The first kappa shape index (κ1) is 13.6. The van der Waals surface area contributed by atoms with Gasteiger partial charge in [-0.3, -0.25) is 24.6 Å². The van der Waals surface area contributed by atoms with Gasteiger partial charge >= 0.3 is 0 Å². The molecule has 2 atom stereocenters. The first-order chi connectivity index (χ1) is 10.0. The summed E-state index contributed by atoms with van der Waals surface area (Å²) in [7, 11) is 1.74. The van der Waals surface area contributed by atoms with E-state index in [9.17, 15) is 19.5 Å². The van der Waals surface area contributed by atoms with Crippen molar-refractivity contribution >= 4 is 23.4 Å². The maximum atomic E-state index is 12.4. The number of piperidine rings is 1. The minimum Gasteiger partial charge on any atom is -0.388 e. The third kappa shape index (κ3) is 2.06. The first-order valence-electron chi connectivity index (χ1n) is 6.69. The number of aliphatic hydroxyl groups excluding tert-OH is 1. The van der Waals surface area contributed by atoms with Crippen molar-refractivity contribution in [1.29, 1.82) is 0 Å². The predicted octanol–water partition coefficient (Wildman–Crippen LogP) is -0.0198. The van der Waals surface area contributed by atoms with Crippen LogP contribution in [0.4, 0.5) is 5.69 Å². The number of nitrogens with one attached hydrogen (secondary N) is 2. The summed E-state index contributed by atoms with van der Waals surface area (Å²) in [6.07, 6.45) is -0.796. The van der Waals surface area contributed by atoms with Crippen LogP contribution in [0, 0.1) is 0 Å². The molecule has 110 valence electrons. The van der Waals surface area contributed by atoms with Crippen molar-refractivity contribution in [2.75, 3.05) is 12.4 Å². The zero-order valence-electron chi connectivity index (χ0n) is 11.4. The number of carbonyl (C=O) groups excluding carboxylic acids is 3. The minimum atomic E-state index is -1.18. The van der Waals surface area contributed by atoms with E-state index in [-0.39, 0.29) is 18.7 Å². The molecule has 21 heavy (non-hydrogen) atoms. The number of carbonyl (C=O) groups is 3. The smallest absolute Gasteiger partial charge is 0.257 e. The molecule has 7 heteroatoms. The number of rotatable bonds is 2. The number of benzene rings is 1. The Bertz CT molecular complexity index is 643. The molecule has 0 radical (unpaired) electrons. The van der Waals surface area contributed by atoms with Gasteiger partial charge in [-0.15, -0.1) is 0 Å². The fourth-order valence-electron chi connectivity index (χ4n) is 2.79. The Morgan fingerprint density at radius 2 is 2.10 bits per heavy atom. The van der Waals surface area contributed by atoms with Gasteiger partial charge in [0, 0.05) is 30.3 Å². The van der Waals surface area contributed by atoms with E-state index >= 15 is 0 Å². The molecule has 7 nitrogen and oxygen atoms in total. The first-order valence-corrected chi connectivity index (χ1v) is 6.69. The molecule has 0 aromatic heterocycles. The summed E-state index contributed by atoms with van der Waals surface area (Å²) in [6, 6.07) is 4.22. The van der Waals surface area contributed by atoms with Crippen LogP contribution in [-0.4, -0.2) is 40.8 Å². The molecule has 2 aliphatic heterocycles. The van der Waals surface area contributed by atoms with Gasteiger partial charge < -0.3 is 10.4 Å². The Kier molecular flexibility index (Phi) is 3.13. The van der Waals surface area contributed by atoms with Crippen molar-refractivity contribution in [3.63, 3.8) is 0 Å². The SMILES string of the molecule is CNc1ccc2c(c1)C(O)N(C1CCC(=O)NC1=O)C2=O. The summed E-state index contributed by atoms with van der Waals surface area (Å²) in [5.74, 6) is -1.29. The fraction of sp³-hybridized carbons (Fsp3) is 0.357. The summed E-state index contributed by atoms with van der Waals surface area (Å²) in [5.41, 5.74) is 1.62.